The third kappa shape index (κ3) is 2.36. The Hall–Kier alpha value is -3.08. The van der Waals surface area contributed by atoms with Gasteiger partial charge in [-0.3, -0.25) is 0 Å². The molecule has 0 aliphatic heterocycles. The summed E-state index contributed by atoms with van der Waals surface area (Å²) in [4.78, 5) is 16.5. The van der Waals surface area contributed by atoms with Gasteiger partial charge in [-0.15, -0.1) is 0 Å². The highest BCUT2D eigenvalue weighted by molar-refractivity contribution is 5.99. The predicted molar refractivity (Wildman–Crippen MR) is 85.9 cm³/mol. The summed E-state index contributed by atoms with van der Waals surface area (Å²) in [7, 11) is 1.63. The summed E-state index contributed by atoms with van der Waals surface area (Å²) in [6, 6.07) is 14.9. The molecule has 0 aliphatic carbocycles. The summed E-state index contributed by atoms with van der Waals surface area (Å²) in [5.41, 5.74) is 1.72. The van der Waals surface area contributed by atoms with Crippen LogP contribution in [-0.4, -0.2) is 12.1 Å². The Balaban J connectivity index is 1.80. The zero-order valence-corrected chi connectivity index (χ0v) is 12.4. The maximum absolute atomic E-state index is 12.0. The van der Waals surface area contributed by atoms with E-state index in [1.165, 1.54) is 0 Å². The van der Waals surface area contributed by atoms with Gasteiger partial charge in [-0.1, -0.05) is 24.3 Å². The van der Waals surface area contributed by atoms with Crippen LogP contribution < -0.4 is 10.4 Å². The van der Waals surface area contributed by atoms with Gasteiger partial charge >= 0.3 is 5.63 Å². The smallest absolute Gasteiger partial charge is 0.382 e. The lowest BCUT2D eigenvalue weighted by Crippen LogP contribution is -1.97. The molecule has 0 radical (unpaired) electrons. The largest absolute Gasteiger partial charge is 0.497 e. The van der Waals surface area contributed by atoms with Crippen LogP contribution in [0.1, 0.15) is 11.5 Å². The molecule has 2 heterocycles. The average Bonchev–Trinajstić information content (AvgIpc) is 3.00. The Bertz CT molecular complexity index is 1040. The van der Waals surface area contributed by atoms with Crippen molar-refractivity contribution in [2.75, 3.05) is 7.11 Å². The molecule has 0 saturated heterocycles. The van der Waals surface area contributed by atoms with Crippen LogP contribution in [0.5, 0.6) is 5.75 Å². The highest BCUT2D eigenvalue weighted by atomic mass is 16.5. The lowest BCUT2D eigenvalue weighted by atomic mass is 10.1. The molecule has 0 N–H and O–H groups in total. The van der Waals surface area contributed by atoms with Gasteiger partial charge in [-0.05, 0) is 29.8 Å². The highest BCUT2D eigenvalue weighted by Gasteiger charge is 2.15. The summed E-state index contributed by atoms with van der Waals surface area (Å²) in [5, 5.41) is 0.770. The first-order valence-electron chi connectivity index (χ1n) is 7.19. The molecule has 0 bridgehead atoms. The van der Waals surface area contributed by atoms with Crippen LogP contribution in [0.15, 0.2) is 62.2 Å². The van der Waals surface area contributed by atoms with Crippen molar-refractivity contribution in [3.05, 3.63) is 70.4 Å². The number of para-hydroxylation sites is 1. The fourth-order valence-corrected chi connectivity index (χ4v) is 2.58. The van der Waals surface area contributed by atoms with E-state index < -0.39 is 5.63 Å². The Morgan fingerprint density at radius 2 is 1.83 bits per heavy atom. The van der Waals surface area contributed by atoms with Gasteiger partial charge in [-0.25, -0.2) is 9.78 Å². The fraction of sp³-hybridized carbons (Fsp3) is 0.111. The van der Waals surface area contributed by atoms with Crippen LogP contribution in [-0.2, 0) is 6.42 Å². The normalized spacial score (nSPS) is 11.2. The molecule has 23 heavy (non-hydrogen) atoms. The van der Waals surface area contributed by atoms with Crippen LogP contribution in [0.2, 0.25) is 0 Å². The molecule has 2 aromatic heterocycles. The van der Waals surface area contributed by atoms with E-state index in [1.54, 1.807) is 13.2 Å². The van der Waals surface area contributed by atoms with Crippen molar-refractivity contribution in [2.45, 2.75) is 6.42 Å². The van der Waals surface area contributed by atoms with Crippen LogP contribution in [0.3, 0.4) is 0 Å². The zero-order chi connectivity index (χ0) is 15.8. The van der Waals surface area contributed by atoms with E-state index >= 15 is 0 Å². The van der Waals surface area contributed by atoms with Gasteiger partial charge in [-0.2, -0.15) is 0 Å². The maximum Gasteiger partial charge on any atom is 0.382 e. The Labute approximate surface area is 131 Å². The zero-order valence-electron chi connectivity index (χ0n) is 12.4. The monoisotopic (exact) mass is 307 g/mol. The van der Waals surface area contributed by atoms with Crippen molar-refractivity contribution < 1.29 is 13.6 Å². The molecular formula is C18H13NO4. The minimum atomic E-state index is -0.507. The van der Waals surface area contributed by atoms with E-state index in [0.29, 0.717) is 23.4 Å². The van der Waals surface area contributed by atoms with Crippen molar-refractivity contribution in [2.24, 2.45) is 0 Å². The molecule has 0 amide bonds. The molecule has 4 aromatic rings. The number of rotatable bonds is 3. The lowest BCUT2D eigenvalue weighted by molar-refractivity contribution is 0.414. The van der Waals surface area contributed by atoms with Crippen LogP contribution >= 0.6 is 0 Å². The molecule has 114 valence electrons. The summed E-state index contributed by atoms with van der Waals surface area (Å²) >= 11 is 0. The molecule has 0 atom stereocenters. The second kappa shape index (κ2) is 5.28. The first kappa shape index (κ1) is 13.6. The van der Waals surface area contributed by atoms with E-state index in [1.807, 2.05) is 42.5 Å². The standard InChI is InChI=1S/C18H13NO4/c1-21-12-8-6-11(7-9-12)10-15-19-16-13-4-2-3-5-14(13)22-18(20)17(16)23-15/h2-9H,10H2,1H3. The number of fused-ring (bicyclic) bond motifs is 3. The van der Waals surface area contributed by atoms with Gasteiger partial charge in [0, 0.05) is 11.8 Å². The Morgan fingerprint density at radius 3 is 2.61 bits per heavy atom. The molecule has 0 unspecified atom stereocenters. The summed E-state index contributed by atoms with van der Waals surface area (Å²) in [6.45, 7) is 0. The molecule has 5 nitrogen and oxygen atoms in total. The molecule has 0 saturated carbocycles. The Kier molecular flexibility index (Phi) is 3.12. The molecule has 0 spiro atoms. The third-order valence-corrected chi connectivity index (χ3v) is 3.72. The van der Waals surface area contributed by atoms with Gasteiger partial charge < -0.3 is 13.6 Å². The van der Waals surface area contributed by atoms with Crippen molar-refractivity contribution in [3.8, 4) is 5.75 Å². The molecule has 0 fully saturated rings. The number of methoxy groups -OCH3 is 1. The fourth-order valence-electron chi connectivity index (χ4n) is 2.58. The average molecular weight is 307 g/mol. The summed E-state index contributed by atoms with van der Waals surface area (Å²) in [5.74, 6) is 1.27. The van der Waals surface area contributed by atoms with Crippen molar-refractivity contribution in [3.63, 3.8) is 0 Å². The van der Waals surface area contributed by atoms with Crippen molar-refractivity contribution in [1.29, 1.82) is 0 Å². The van der Waals surface area contributed by atoms with E-state index in [-0.39, 0.29) is 5.58 Å². The number of benzene rings is 2. The molecular weight excluding hydrogens is 294 g/mol. The van der Waals surface area contributed by atoms with Gasteiger partial charge in [0.1, 0.15) is 16.8 Å². The van der Waals surface area contributed by atoms with Crippen LogP contribution in [0.25, 0.3) is 22.1 Å². The SMILES string of the molecule is COc1ccc(Cc2nc3c(o2)c(=O)oc2ccccc23)cc1. The van der Waals surface area contributed by atoms with Gasteiger partial charge in [0.15, 0.2) is 5.89 Å². The second-order valence-corrected chi connectivity index (χ2v) is 5.20. The number of oxazole rings is 1. The van der Waals surface area contributed by atoms with Gasteiger partial charge in [0.25, 0.3) is 0 Å². The number of hydrogen-bond donors (Lipinski definition) is 0. The first-order chi connectivity index (χ1) is 11.2. The van der Waals surface area contributed by atoms with Crippen LogP contribution in [0.4, 0.5) is 0 Å². The Morgan fingerprint density at radius 1 is 1.04 bits per heavy atom. The van der Waals surface area contributed by atoms with Crippen molar-refractivity contribution >= 4 is 22.1 Å². The predicted octanol–water partition coefficient (Wildman–Crippen LogP) is 3.53. The summed E-state index contributed by atoms with van der Waals surface area (Å²) < 4.78 is 16.0. The maximum atomic E-state index is 12.0. The van der Waals surface area contributed by atoms with E-state index in [0.717, 1.165) is 16.7 Å². The number of hydrogen-bond acceptors (Lipinski definition) is 5. The minimum Gasteiger partial charge on any atom is -0.497 e. The molecule has 4 rings (SSSR count). The number of ether oxygens (including phenoxy) is 1. The summed E-state index contributed by atoms with van der Waals surface area (Å²) in [6.07, 6.45) is 0.493. The topological polar surface area (TPSA) is 65.5 Å². The second-order valence-electron chi connectivity index (χ2n) is 5.20. The van der Waals surface area contributed by atoms with E-state index in [4.69, 9.17) is 13.6 Å². The number of aromatic nitrogens is 1. The third-order valence-electron chi connectivity index (χ3n) is 3.72. The van der Waals surface area contributed by atoms with E-state index in [9.17, 15) is 4.79 Å². The minimum absolute atomic E-state index is 0.159. The molecule has 2 aromatic carbocycles. The molecule has 5 heteroatoms. The van der Waals surface area contributed by atoms with E-state index in [2.05, 4.69) is 4.98 Å². The molecule has 0 aliphatic rings. The first-order valence-corrected chi connectivity index (χ1v) is 7.19. The van der Waals surface area contributed by atoms with Gasteiger partial charge in [0.05, 0.1) is 7.11 Å². The highest BCUT2D eigenvalue weighted by Crippen LogP contribution is 2.24. The quantitative estimate of drug-likeness (QED) is 0.542. The van der Waals surface area contributed by atoms with Crippen LogP contribution in [0, 0.1) is 0 Å². The van der Waals surface area contributed by atoms with Gasteiger partial charge in [0.2, 0.25) is 5.58 Å². The van der Waals surface area contributed by atoms with Crippen molar-refractivity contribution in [1.82, 2.24) is 4.98 Å². The number of nitrogens with zero attached hydrogens (tertiary/aromatic N) is 1. The lowest BCUT2D eigenvalue weighted by Gasteiger charge is -2.00.